The van der Waals surface area contributed by atoms with Gasteiger partial charge in [-0.05, 0) is 170 Å². The number of carbonyl (C=O) groups excluding carboxylic acids is 6. The molecule has 0 aliphatic carbocycles. The average Bonchev–Trinajstić information content (AvgIpc) is 1.01. The molecule has 0 heterocycles. The summed E-state index contributed by atoms with van der Waals surface area (Å²) < 4.78 is 102. The molecule has 0 saturated carbocycles. The fraction of sp³-hybridized carbons (Fsp3) is 0.214. The van der Waals surface area contributed by atoms with Gasteiger partial charge >= 0.3 is 30.3 Å². The maximum Gasteiger partial charge on any atom is 0.416 e. The van der Waals surface area contributed by atoms with Gasteiger partial charge < -0.3 is 49.6 Å². The van der Waals surface area contributed by atoms with Crippen LogP contribution in [0.2, 0.25) is 0 Å². The first-order valence-corrected chi connectivity index (χ1v) is 28.5. The van der Waals surface area contributed by atoms with Gasteiger partial charge in [0, 0.05) is 35.6 Å². The van der Waals surface area contributed by atoms with Gasteiger partial charge in [0.05, 0.1) is 43.8 Å². The first-order valence-electron chi connectivity index (χ1n) is 28.5. The minimum Gasteiger partial charge on any atom is -0.508 e. The van der Waals surface area contributed by atoms with Crippen LogP contribution in [0.4, 0.5) is 37.7 Å². The Kier molecular flexibility index (Phi) is 22.9. The lowest BCUT2D eigenvalue weighted by molar-refractivity contribution is -0.155. The minimum atomic E-state index is -4.70. The van der Waals surface area contributed by atoms with Gasteiger partial charge in [0.15, 0.2) is 0 Å². The van der Waals surface area contributed by atoms with E-state index in [0.717, 1.165) is 33.7 Å². The van der Waals surface area contributed by atoms with Crippen LogP contribution in [0.5, 0.6) is 23.0 Å². The predicted molar refractivity (Wildman–Crippen MR) is 333 cm³/mol. The molecule has 8 aromatic carbocycles. The lowest BCUT2D eigenvalue weighted by Gasteiger charge is -2.25. The molecule has 4 N–H and O–H groups in total. The van der Waals surface area contributed by atoms with Gasteiger partial charge in [-0.25, -0.2) is 4.79 Å². The summed E-state index contributed by atoms with van der Waals surface area (Å²) in [6.07, 6.45) is -10.5. The van der Waals surface area contributed by atoms with E-state index in [1.165, 1.54) is 104 Å². The Hall–Kier alpha value is -11.0. The number of aryl methyl sites for hydroxylation is 1. The van der Waals surface area contributed by atoms with Gasteiger partial charge in [0.25, 0.3) is 11.8 Å². The number of alkyl halides is 6. The number of carboxylic acids is 1. The number of phenolic OH excluding ortho intramolecular Hbond substituents is 1. The largest absolute Gasteiger partial charge is 0.508 e. The molecule has 8 aromatic rings. The number of carboxylic acid groups (broad SMARTS) is 1. The van der Waals surface area contributed by atoms with Crippen molar-refractivity contribution in [1.29, 1.82) is 0 Å². The Morgan fingerprint density at radius 2 is 0.871 bits per heavy atom. The zero-order chi connectivity index (χ0) is 67.8. The third-order valence-corrected chi connectivity index (χ3v) is 13.7. The summed E-state index contributed by atoms with van der Waals surface area (Å²) in [5.74, 6) is -4.57. The van der Waals surface area contributed by atoms with Gasteiger partial charge in [0.1, 0.15) is 41.7 Å². The molecule has 0 fully saturated rings. The van der Waals surface area contributed by atoms with E-state index in [-0.39, 0.29) is 76.3 Å². The molecular weight excluding hydrogens is 1220 g/mol. The molecule has 0 radical (unpaired) electrons. The van der Waals surface area contributed by atoms with E-state index >= 15 is 0 Å². The SMILES string of the molecule is COc1ccc(CC(=O)Nc2ccc(C(=O)N(CC(=O)O)Cc3ccc(OC(=O)c4ccc(-c5ccc(C)cc5)cc4)cc3)cc2)c(C(F)(F)F)c1.COc1ccc(CC(=O)Nc2ccc(C(=O)N(CC(=O)OC(C)(C)C)Cc3ccc(O)cc3)cc2)c(C(F)(F)F)c1. The maximum atomic E-state index is 13.5. The van der Waals surface area contributed by atoms with Crippen molar-refractivity contribution in [2.45, 2.75) is 71.6 Å². The summed E-state index contributed by atoms with van der Waals surface area (Å²) in [5, 5.41) is 24.1. The highest BCUT2D eigenvalue weighted by atomic mass is 19.4. The van der Waals surface area contributed by atoms with Crippen LogP contribution in [0.25, 0.3) is 11.1 Å². The molecule has 23 heteroatoms. The number of nitrogens with zero attached hydrogens (tertiary/aromatic N) is 2. The number of aromatic hydroxyl groups is 1. The van der Waals surface area contributed by atoms with Crippen molar-refractivity contribution in [1.82, 2.24) is 9.80 Å². The smallest absolute Gasteiger partial charge is 0.416 e. The monoisotopic (exact) mass is 1280 g/mol. The Morgan fingerprint density at radius 1 is 0.484 bits per heavy atom. The number of amides is 4. The number of anilines is 2. The number of phenols is 1. The number of rotatable bonds is 21. The molecule has 93 heavy (non-hydrogen) atoms. The second-order valence-corrected chi connectivity index (χ2v) is 22.1. The van der Waals surface area contributed by atoms with Gasteiger partial charge in [-0.1, -0.05) is 78.4 Å². The highest BCUT2D eigenvalue weighted by molar-refractivity contribution is 5.99. The average molecular weight is 1280 g/mol. The number of hydrogen-bond donors (Lipinski definition) is 4. The molecule has 0 aliphatic heterocycles. The predicted octanol–water partition coefficient (Wildman–Crippen LogP) is 13.4. The number of methoxy groups -OCH3 is 2. The highest BCUT2D eigenvalue weighted by Crippen LogP contribution is 2.36. The van der Waals surface area contributed by atoms with E-state index in [4.69, 9.17) is 18.9 Å². The molecule has 0 aliphatic rings. The van der Waals surface area contributed by atoms with Crippen LogP contribution < -0.4 is 24.8 Å². The van der Waals surface area contributed by atoms with E-state index < -0.39 is 90.0 Å². The summed E-state index contributed by atoms with van der Waals surface area (Å²) in [7, 11) is 2.49. The van der Waals surface area contributed by atoms with E-state index in [1.54, 1.807) is 69.3 Å². The van der Waals surface area contributed by atoms with E-state index in [1.807, 2.05) is 43.3 Å². The Bertz CT molecular complexity index is 3950. The van der Waals surface area contributed by atoms with Gasteiger partial charge in [-0.2, -0.15) is 26.3 Å². The summed E-state index contributed by atoms with van der Waals surface area (Å²) in [5.41, 5.74) is 2.37. The second-order valence-electron chi connectivity index (χ2n) is 22.1. The van der Waals surface area contributed by atoms with Crippen molar-refractivity contribution in [2.24, 2.45) is 0 Å². The normalized spacial score (nSPS) is 11.2. The van der Waals surface area contributed by atoms with E-state index in [0.29, 0.717) is 16.7 Å². The van der Waals surface area contributed by atoms with Crippen molar-refractivity contribution in [2.75, 3.05) is 37.9 Å². The standard InChI is InChI=1S/C40H33F3N2O7.C30H31F3N2O6/c1-25-3-7-27(8-4-25)28-9-11-30(12-10-28)39(50)52-33-18-5-26(6-19-33)23-45(24-37(47)48)38(49)29-13-16-32(17-14-29)44-36(46)21-31-15-20-34(51-2)22-35(31)40(41,42)43;1-29(2,3)41-27(38)18-35(17-19-5-12-23(36)13-6-19)28(39)20-7-10-22(11-8-20)34-26(37)15-21-9-14-24(40-4)16-25(21)30(31,32)33/h3-20,22H,21,23-24H2,1-2H3,(H,44,46)(H,47,48);5-14,16,36H,15,17-18H2,1-4H3,(H,34,37). The minimum absolute atomic E-state index is 0.00295. The number of ether oxygens (including phenoxy) is 4. The van der Waals surface area contributed by atoms with Crippen molar-refractivity contribution in [3.63, 3.8) is 0 Å². The van der Waals surface area contributed by atoms with Crippen LogP contribution in [0.15, 0.2) is 182 Å². The van der Waals surface area contributed by atoms with E-state index in [9.17, 15) is 70.1 Å². The molecule has 17 nitrogen and oxygen atoms in total. The first kappa shape index (κ1) is 69.5. The molecule has 484 valence electrons. The first-order chi connectivity index (χ1) is 43.9. The van der Waals surface area contributed by atoms with Gasteiger partial charge in [0.2, 0.25) is 11.8 Å². The van der Waals surface area contributed by atoms with Crippen LogP contribution in [0.3, 0.4) is 0 Å². The Morgan fingerprint density at radius 3 is 1.27 bits per heavy atom. The number of nitrogens with one attached hydrogen (secondary N) is 2. The zero-order valence-corrected chi connectivity index (χ0v) is 51.1. The molecule has 0 saturated heterocycles. The topological polar surface area (TPSA) is 227 Å². The summed E-state index contributed by atoms with van der Waals surface area (Å²) >= 11 is 0. The molecule has 8 rings (SSSR count). The Labute approximate surface area is 531 Å². The van der Waals surface area contributed by atoms with Crippen molar-refractivity contribution >= 4 is 52.9 Å². The highest BCUT2D eigenvalue weighted by Gasteiger charge is 2.36. The molecule has 0 unspecified atom stereocenters. The second kappa shape index (κ2) is 30.7. The summed E-state index contributed by atoms with van der Waals surface area (Å²) in [4.78, 5) is 91.1. The van der Waals surface area contributed by atoms with Crippen LogP contribution in [-0.4, -0.2) is 94.5 Å². The molecular formula is C70H64F6N4O13. The molecule has 0 atom stereocenters. The summed E-state index contributed by atoms with van der Waals surface area (Å²) in [6, 6.07) is 45.5. The lowest BCUT2D eigenvalue weighted by Crippen LogP contribution is -2.38. The quantitative estimate of drug-likeness (QED) is 0.0299. The molecule has 4 amide bonds. The van der Waals surface area contributed by atoms with Crippen molar-refractivity contribution in [3.05, 3.63) is 238 Å². The van der Waals surface area contributed by atoms with Crippen LogP contribution in [0, 0.1) is 6.92 Å². The van der Waals surface area contributed by atoms with Crippen molar-refractivity contribution in [3.8, 4) is 34.1 Å². The third-order valence-electron chi connectivity index (χ3n) is 13.7. The molecule has 0 bridgehead atoms. The maximum absolute atomic E-state index is 13.5. The van der Waals surface area contributed by atoms with Crippen molar-refractivity contribution < 1.29 is 89.1 Å². The van der Waals surface area contributed by atoms with Gasteiger partial charge in [-0.15, -0.1) is 0 Å². The van der Waals surface area contributed by atoms with Gasteiger partial charge in [-0.3, -0.25) is 28.8 Å². The number of aliphatic carboxylic acids is 1. The summed E-state index contributed by atoms with van der Waals surface area (Å²) in [6.45, 7) is 6.16. The third kappa shape index (κ3) is 20.8. The lowest BCUT2D eigenvalue weighted by atomic mass is 10.0. The van der Waals surface area contributed by atoms with Crippen LogP contribution in [0.1, 0.15) is 90.8 Å². The van der Waals surface area contributed by atoms with E-state index in [2.05, 4.69) is 10.6 Å². The molecule has 0 aromatic heterocycles. The number of halogens is 6. The number of carbonyl (C=O) groups is 7. The van der Waals surface area contributed by atoms with Crippen LogP contribution in [-0.2, 0) is 62.2 Å². The number of benzene rings is 8. The number of hydrogen-bond acceptors (Lipinski definition) is 12. The fourth-order valence-corrected chi connectivity index (χ4v) is 9.22. The fourth-order valence-electron chi connectivity index (χ4n) is 9.22. The number of esters is 2. The van der Waals surface area contributed by atoms with Crippen LogP contribution >= 0.6 is 0 Å². The molecule has 0 spiro atoms. The zero-order valence-electron chi connectivity index (χ0n) is 51.1. The Balaban J connectivity index is 0.000000271.